The molecule has 0 saturated heterocycles. The zero-order valence-corrected chi connectivity index (χ0v) is 15.3. The van der Waals surface area contributed by atoms with E-state index in [0.29, 0.717) is 40.2 Å². The molecule has 5 nitrogen and oxygen atoms in total. The van der Waals surface area contributed by atoms with Gasteiger partial charge in [-0.25, -0.2) is 0 Å². The van der Waals surface area contributed by atoms with Gasteiger partial charge in [0.05, 0.1) is 6.61 Å². The zero-order chi connectivity index (χ0) is 18.7. The van der Waals surface area contributed by atoms with Gasteiger partial charge in [-0.3, -0.25) is 9.59 Å². The van der Waals surface area contributed by atoms with Gasteiger partial charge in [0.1, 0.15) is 0 Å². The molecular weight excluding hydrogens is 352 g/mol. The van der Waals surface area contributed by atoms with Crippen LogP contribution in [0.1, 0.15) is 15.9 Å². The number of hydrogen-bond acceptors (Lipinski definition) is 3. The van der Waals surface area contributed by atoms with Crippen LogP contribution in [0.5, 0.6) is 0 Å². The van der Waals surface area contributed by atoms with Crippen LogP contribution in [0, 0.1) is 6.92 Å². The van der Waals surface area contributed by atoms with Crippen molar-refractivity contribution in [3.05, 3.63) is 75.2 Å². The molecule has 0 bridgehead atoms. The number of nitrogens with one attached hydrogen (secondary N) is 1. The Morgan fingerprint density at radius 3 is 2.73 bits per heavy atom. The van der Waals surface area contributed by atoms with Gasteiger partial charge < -0.3 is 14.6 Å². The number of pyridine rings is 1. The summed E-state index contributed by atoms with van der Waals surface area (Å²) in [5, 5.41) is 4.73. The van der Waals surface area contributed by atoms with Crippen LogP contribution in [0.3, 0.4) is 0 Å². The number of amides is 1. The molecule has 1 N–H and O–H groups in total. The number of benzene rings is 2. The minimum absolute atomic E-state index is 0.113. The van der Waals surface area contributed by atoms with Crippen molar-refractivity contribution in [1.82, 2.24) is 4.57 Å². The summed E-state index contributed by atoms with van der Waals surface area (Å²) in [6.45, 7) is 2.77. The molecule has 0 aliphatic heterocycles. The fraction of sp³-hybridized carbons (Fsp3) is 0.200. The molecule has 0 radical (unpaired) electrons. The van der Waals surface area contributed by atoms with E-state index >= 15 is 0 Å². The van der Waals surface area contributed by atoms with Crippen molar-refractivity contribution < 1.29 is 9.53 Å². The molecule has 3 aromatic rings. The van der Waals surface area contributed by atoms with Crippen molar-refractivity contribution in [2.45, 2.75) is 13.5 Å². The first kappa shape index (κ1) is 18.2. The predicted octanol–water partition coefficient (Wildman–Crippen LogP) is 3.86. The molecule has 0 atom stereocenters. The summed E-state index contributed by atoms with van der Waals surface area (Å²) in [7, 11) is 1.60. The number of anilines is 1. The largest absolute Gasteiger partial charge is 0.383 e. The quantitative estimate of drug-likeness (QED) is 0.741. The highest BCUT2D eigenvalue weighted by Gasteiger charge is 2.12. The van der Waals surface area contributed by atoms with Gasteiger partial charge in [-0.1, -0.05) is 17.7 Å². The van der Waals surface area contributed by atoms with Crippen LogP contribution in [0.2, 0.25) is 5.02 Å². The number of carbonyl (C=O) groups is 1. The number of aryl methyl sites for hydroxylation is 1. The van der Waals surface area contributed by atoms with Gasteiger partial charge in [0.2, 0.25) is 0 Å². The lowest BCUT2D eigenvalue weighted by Gasteiger charge is -2.12. The molecule has 0 fully saturated rings. The number of nitrogens with zero attached hydrogens (tertiary/aromatic N) is 1. The van der Waals surface area contributed by atoms with E-state index in [-0.39, 0.29) is 11.5 Å². The Morgan fingerprint density at radius 1 is 1.19 bits per heavy atom. The first-order valence-electron chi connectivity index (χ1n) is 8.20. The number of methoxy groups -OCH3 is 1. The van der Waals surface area contributed by atoms with Crippen LogP contribution in [-0.2, 0) is 11.3 Å². The molecule has 1 aromatic heterocycles. The van der Waals surface area contributed by atoms with E-state index in [1.807, 2.05) is 13.0 Å². The molecule has 134 valence electrons. The van der Waals surface area contributed by atoms with E-state index in [1.165, 1.54) is 0 Å². The summed E-state index contributed by atoms with van der Waals surface area (Å²) in [6.07, 6.45) is 1.72. The van der Waals surface area contributed by atoms with Crippen LogP contribution in [0.25, 0.3) is 10.8 Å². The van der Waals surface area contributed by atoms with Gasteiger partial charge in [-0.15, -0.1) is 0 Å². The van der Waals surface area contributed by atoms with E-state index in [1.54, 1.807) is 54.3 Å². The van der Waals surface area contributed by atoms with Gasteiger partial charge >= 0.3 is 0 Å². The van der Waals surface area contributed by atoms with Gasteiger partial charge in [0.15, 0.2) is 0 Å². The van der Waals surface area contributed by atoms with Crippen molar-refractivity contribution in [1.29, 1.82) is 0 Å². The van der Waals surface area contributed by atoms with E-state index < -0.39 is 0 Å². The third-order valence-electron chi connectivity index (χ3n) is 4.24. The minimum atomic E-state index is -0.241. The monoisotopic (exact) mass is 370 g/mol. The molecular formula is C20H19ClN2O3. The zero-order valence-electron chi connectivity index (χ0n) is 14.6. The fourth-order valence-electron chi connectivity index (χ4n) is 2.86. The smallest absolute Gasteiger partial charge is 0.258 e. The average Bonchev–Trinajstić information content (AvgIpc) is 2.61. The maximum atomic E-state index is 12.6. The molecule has 26 heavy (non-hydrogen) atoms. The number of hydrogen-bond donors (Lipinski definition) is 1. The molecule has 0 aliphatic rings. The lowest BCUT2D eigenvalue weighted by molar-refractivity contribution is 0.102. The number of carbonyl (C=O) groups excluding carboxylic acids is 1. The maximum Gasteiger partial charge on any atom is 0.258 e. The molecule has 2 aromatic carbocycles. The van der Waals surface area contributed by atoms with Crippen LogP contribution < -0.4 is 10.9 Å². The van der Waals surface area contributed by atoms with E-state index in [0.717, 1.165) is 5.56 Å². The van der Waals surface area contributed by atoms with E-state index in [9.17, 15) is 9.59 Å². The highest BCUT2D eigenvalue weighted by molar-refractivity contribution is 6.30. The normalized spacial score (nSPS) is 10.9. The lowest BCUT2D eigenvalue weighted by Crippen LogP contribution is -2.22. The number of ether oxygens (including phenoxy) is 1. The van der Waals surface area contributed by atoms with E-state index in [4.69, 9.17) is 16.3 Å². The number of fused-ring (bicyclic) bond motifs is 1. The van der Waals surface area contributed by atoms with Crippen molar-refractivity contribution >= 4 is 34.0 Å². The van der Waals surface area contributed by atoms with Crippen LogP contribution in [0.15, 0.2) is 53.5 Å². The Balaban J connectivity index is 1.96. The van der Waals surface area contributed by atoms with Gasteiger partial charge in [-0.2, -0.15) is 0 Å². The van der Waals surface area contributed by atoms with Crippen LogP contribution >= 0.6 is 11.6 Å². The topological polar surface area (TPSA) is 60.3 Å². The second-order valence-electron chi connectivity index (χ2n) is 5.99. The Morgan fingerprint density at radius 2 is 2.00 bits per heavy atom. The first-order chi connectivity index (χ1) is 12.5. The van der Waals surface area contributed by atoms with Crippen molar-refractivity contribution in [3.8, 4) is 0 Å². The number of aromatic nitrogens is 1. The second-order valence-corrected chi connectivity index (χ2v) is 6.42. The molecule has 6 heteroatoms. The number of halogens is 1. The summed E-state index contributed by atoms with van der Waals surface area (Å²) >= 11 is 5.95. The molecule has 3 rings (SSSR count). The molecule has 0 unspecified atom stereocenters. The summed E-state index contributed by atoms with van der Waals surface area (Å²) in [6, 6.07) is 12.2. The van der Waals surface area contributed by atoms with Crippen molar-refractivity contribution in [2.24, 2.45) is 0 Å². The Kier molecular flexibility index (Phi) is 5.40. The summed E-state index contributed by atoms with van der Waals surface area (Å²) < 4.78 is 6.63. The predicted molar refractivity (Wildman–Crippen MR) is 104 cm³/mol. The fourth-order valence-corrected chi connectivity index (χ4v) is 3.09. The van der Waals surface area contributed by atoms with Crippen LogP contribution in [-0.4, -0.2) is 24.2 Å². The van der Waals surface area contributed by atoms with Crippen LogP contribution in [0.4, 0.5) is 5.69 Å². The Labute approximate surface area is 156 Å². The molecule has 0 aliphatic carbocycles. The molecule has 1 amide bonds. The van der Waals surface area contributed by atoms with Crippen molar-refractivity contribution in [3.63, 3.8) is 0 Å². The number of rotatable bonds is 5. The summed E-state index contributed by atoms with van der Waals surface area (Å²) in [4.78, 5) is 25.2. The lowest BCUT2D eigenvalue weighted by atomic mass is 10.1. The van der Waals surface area contributed by atoms with Crippen molar-refractivity contribution in [2.75, 3.05) is 19.0 Å². The third-order valence-corrected chi connectivity index (χ3v) is 4.47. The Bertz CT molecular complexity index is 1030. The summed E-state index contributed by atoms with van der Waals surface area (Å²) in [5.74, 6) is -0.241. The Hall–Kier alpha value is -2.63. The minimum Gasteiger partial charge on any atom is -0.383 e. The SMILES string of the molecule is COCCn1ccc2c(NC(=O)c3ccc(Cl)cc3C)cccc2c1=O. The first-order valence-corrected chi connectivity index (χ1v) is 8.57. The average molecular weight is 371 g/mol. The standard InChI is InChI=1S/C20H19ClN2O3/c1-13-12-14(21)6-7-15(13)19(24)22-18-5-3-4-17-16(18)8-9-23(20(17)25)10-11-26-2/h3-9,12H,10-11H2,1-2H3,(H,22,24). The second kappa shape index (κ2) is 7.72. The highest BCUT2D eigenvalue weighted by atomic mass is 35.5. The summed E-state index contributed by atoms with van der Waals surface area (Å²) in [5.41, 5.74) is 1.81. The maximum absolute atomic E-state index is 12.6. The molecule has 0 spiro atoms. The third kappa shape index (κ3) is 3.64. The van der Waals surface area contributed by atoms with E-state index in [2.05, 4.69) is 5.32 Å². The van der Waals surface area contributed by atoms with Gasteiger partial charge in [0.25, 0.3) is 11.5 Å². The van der Waals surface area contributed by atoms with Gasteiger partial charge in [0, 0.05) is 46.9 Å². The van der Waals surface area contributed by atoms with Gasteiger partial charge in [-0.05, 0) is 48.9 Å². The molecule has 0 saturated carbocycles. The highest BCUT2D eigenvalue weighted by Crippen LogP contribution is 2.23. The molecule has 1 heterocycles.